The molecule has 6 heteroatoms. The van der Waals surface area contributed by atoms with Gasteiger partial charge in [0.25, 0.3) is 0 Å². The molecular formula is C11H12ClN3O2. The lowest BCUT2D eigenvalue weighted by atomic mass is 10.1. The summed E-state index contributed by atoms with van der Waals surface area (Å²) in [6.07, 6.45) is 2.22. The molecule has 2 rings (SSSR count). The first-order valence-corrected chi connectivity index (χ1v) is 5.46. The zero-order valence-corrected chi connectivity index (χ0v) is 10.5. The lowest BCUT2D eigenvalue weighted by Crippen LogP contribution is -2.41. The molecule has 0 atom stereocenters. The smallest absolute Gasteiger partial charge is 0.246 e. The quantitative estimate of drug-likeness (QED) is 0.772. The van der Waals surface area contributed by atoms with Crippen molar-refractivity contribution in [3.05, 3.63) is 17.5 Å². The Labute approximate surface area is 103 Å². The van der Waals surface area contributed by atoms with Gasteiger partial charge in [0.15, 0.2) is 11.0 Å². The molecule has 0 bridgehead atoms. The molecule has 0 unspecified atom stereocenters. The van der Waals surface area contributed by atoms with Crippen LogP contribution in [0.3, 0.4) is 0 Å². The van der Waals surface area contributed by atoms with Gasteiger partial charge < -0.3 is 4.42 Å². The number of anilines is 1. The summed E-state index contributed by atoms with van der Waals surface area (Å²) < 4.78 is 5.11. The number of rotatable bonds is 2. The Morgan fingerprint density at radius 2 is 2.18 bits per heavy atom. The van der Waals surface area contributed by atoms with Crippen molar-refractivity contribution in [1.82, 2.24) is 9.97 Å². The van der Waals surface area contributed by atoms with Crippen LogP contribution in [-0.2, 0) is 4.79 Å². The molecular weight excluding hydrogens is 242 g/mol. The number of hydrogen-bond acceptors (Lipinski definition) is 4. The molecule has 0 aromatic carbocycles. The molecule has 0 saturated heterocycles. The predicted molar refractivity (Wildman–Crippen MR) is 65.1 cm³/mol. The summed E-state index contributed by atoms with van der Waals surface area (Å²) in [5.41, 5.74) is 0.527. The van der Waals surface area contributed by atoms with Gasteiger partial charge in [0.05, 0.1) is 6.20 Å². The highest BCUT2D eigenvalue weighted by molar-refractivity contribution is 6.29. The highest BCUT2D eigenvalue weighted by Gasteiger charge is 2.23. The lowest BCUT2D eigenvalue weighted by molar-refractivity contribution is -0.108. The maximum atomic E-state index is 11.1. The molecule has 2 heterocycles. The Kier molecular flexibility index (Phi) is 2.79. The number of fused-ring (bicyclic) bond motifs is 1. The summed E-state index contributed by atoms with van der Waals surface area (Å²) in [6.45, 7) is 5.74. The molecule has 0 fully saturated rings. The van der Waals surface area contributed by atoms with Crippen LogP contribution >= 0.6 is 11.6 Å². The van der Waals surface area contributed by atoms with Crippen LogP contribution in [0.15, 0.2) is 16.7 Å². The van der Waals surface area contributed by atoms with Crippen LogP contribution in [0.1, 0.15) is 20.8 Å². The normalized spacial score (nSPS) is 11.8. The van der Waals surface area contributed by atoms with Crippen molar-refractivity contribution < 1.29 is 9.21 Å². The van der Waals surface area contributed by atoms with E-state index < -0.39 is 0 Å². The van der Waals surface area contributed by atoms with E-state index in [0.29, 0.717) is 17.0 Å². The molecule has 2 aromatic heterocycles. The van der Waals surface area contributed by atoms with Crippen LogP contribution < -0.4 is 4.90 Å². The molecule has 0 aliphatic carbocycles. The second-order valence-corrected chi connectivity index (χ2v) is 4.99. The van der Waals surface area contributed by atoms with Gasteiger partial charge in [0, 0.05) is 11.6 Å². The van der Waals surface area contributed by atoms with Crippen LogP contribution in [0.2, 0.25) is 5.22 Å². The maximum Gasteiger partial charge on any atom is 0.246 e. The summed E-state index contributed by atoms with van der Waals surface area (Å²) in [4.78, 5) is 21.0. The molecule has 0 radical (unpaired) electrons. The third-order valence-electron chi connectivity index (χ3n) is 2.27. The number of carbonyl (C=O) groups excluding carboxylic acids is 1. The zero-order chi connectivity index (χ0) is 12.6. The van der Waals surface area contributed by atoms with Gasteiger partial charge in [-0.25, -0.2) is 9.97 Å². The van der Waals surface area contributed by atoms with Gasteiger partial charge in [0.1, 0.15) is 5.52 Å². The van der Waals surface area contributed by atoms with E-state index >= 15 is 0 Å². The van der Waals surface area contributed by atoms with Crippen molar-refractivity contribution in [2.75, 3.05) is 4.90 Å². The topological polar surface area (TPSA) is 59.2 Å². The van der Waals surface area contributed by atoms with Crippen LogP contribution in [0.4, 0.5) is 5.82 Å². The summed E-state index contributed by atoms with van der Waals surface area (Å²) in [6, 6.07) is 1.57. The Balaban J connectivity index is 2.51. The fourth-order valence-electron chi connectivity index (χ4n) is 1.46. The van der Waals surface area contributed by atoms with E-state index in [2.05, 4.69) is 9.97 Å². The number of furan rings is 1. The second-order valence-electron chi connectivity index (χ2n) is 4.62. The Morgan fingerprint density at radius 1 is 1.47 bits per heavy atom. The maximum absolute atomic E-state index is 11.1. The molecule has 17 heavy (non-hydrogen) atoms. The number of halogens is 1. The number of carbonyl (C=O) groups is 1. The third kappa shape index (κ3) is 2.24. The average molecular weight is 254 g/mol. The van der Waals surface area contributed by atoms with Gasteiger partial charge >= 0.3 is 0 Å². The van der Waals surface area contributed by atoms with Gasteiger partial charge in [-0.2, -0.15) is 0 Å². The fraction of sp³-hybridized carbons (Fsp3) is 0.364. The van der Waals surface area contributed by atoms with E-state index in [1.807, 2.05) is 20.8 Å². The van der Waals surface area contributed by atoms with Crippen molar-refractivity contribution in [2.45, 2.75) is 26.3 Å². The van der Waals surface area contributed by atoms with E-state index in [1.165, 1.54) is 11.1 Å². The van der Waals surface area contributed by atoms with Crippen LogP contribution in [0.5, 0.6) is 0 Å². The van der Waals surface area contributed by atoms with Gasteiger partial charge in [-0.15, -0.1) is 0 Å². The molecule has 0 N–H and O–H groups in total. The van der Waals surface area contributed by atoms with Gasteiger partial charge in [-0.3, -0.25) is 9.69 Å². The van der Waals surface area contributed by atoms with E-state index in [0.717, 1.165) is 6.41 Å². The molecule has 5 nitrogen and oxygen atoms in total. The molecule has 2 aromatic rings. The van der Waals surface area contributed by atoms with Crippen molar-refractivity contribution in [2.24, 2.45) is 0 Å². The van der Waals surface area contributed by atoms with Crippen molar-refractivity contribution >= 4 is 35.1 Å². The number of nitrogens with zero attached hydrogens (tertiary/aromatic N) is 3. The fourth-order valence-corrected chi connectivity index (χ4v) is 1.63. The number of hydrogen-bond donors (Lipinski definition) is 0. The Morgan fingerprint density at radius 3 is 2.76 bits per heavy atom. The summed E-state index contributed by atoms with van der Waals surface area (Å²) in [5.74, 6) is 0.470. The van der Waals surface area contributed by atoms with Crippen LogP contribution in [0, 0.1) is 0 Å². The SMILES string of the molecule is CC(C)(C)N(C=O)c1cnc2oc(Cl)cc2n1. The first kappa shape index (κ1) is 11.9. The van der Waals surface area contributed by atoms with Gasteiger partial charge in [0.2, 0.25) is 12.1 Å². The van der Waals surface area contributed by atoms with Gasteiger partial charge in [-0.1, -0.05) is 0 Å². The minimum atomic E-state index is -0.363. The van der Waals surface area contributed by atoms with Crippen LogP contribution in [0.25, 0.3) is 11.2 Å². The predicted octanol–water partition coefficient (Wildman–Crippen LogP) is 2.64. The minimum absolute atomic E-state index is 0.227. The highest BCUT2D eigenvalue weighted by atomic mass is 35.5. The summed E-state index contributed by atoms with van der Waals surface area (Å²) in [5, 5.41) is 0.227. The largest absolute Gasteiger partial charge is 0.425 e. The zero-order valence-electron chi connectivity index (χ0n) is 9.77. The molecule has 0 spiro atoms. The number of amides is 1. The van der Waals surface area contributed by atoms with E-state index in [9.17, 15) is 4.79 Å². The molecule has 90 valence electrons. The first-order valence-electron chi connectivity index (χ1n) is 5.08. The molecule has 0 aliphatic rings. The van der Waals surface area contributed by atoms with Gasteiger partial charge in [-0.05, 0) is 32.4 Å². The van der Waals surface area contributed by atoms with E-state index in [1.54, 1.807) is 6.07 Å². The Bertz CT molecular complexity index is 559. The minimum Gasteiger partial charge on any atom is -0.425 e. The first-order chi connectivity index (χ1) is 7.91. The molecule has 0 aliphatic heterocycles. The van der Waals surface area contributed by atoms with E-state index in [-0.39, 0.29) is 10.8 Å². The molecule has 0 saturated carbocycles. The summed E-state index contributed by atoms with van der Waals surface area (Å²) >= 11 is 5.71. The second kappa shape index (κ2) is 4.00. The number of aromatic nitrogens is 2. The lowest BCUT2D eigenvalue weighted by Gasteiger charge is -2.30. The van der Waals surface area contributed by atoms with E-state index in [4.69, 9.17) is 16.0 Å². The van der Waals surface area contributed by atoms with Crippen LogP contribution in [-0.4, -0.2) is 21.9 Å². The monoisotopic (exact) mass is 253 g/mol. The highest BCUT2D eigenvalue weighted by Crippen LogP contribution is 2.24. The Hall–Kier alpha value is -1.62. The van der Waals surface area contributed by atoms with Crippen molar-refractivity contribution in [3.63, 3.8) is 0 Å². The standard InChI is InChI=1S/C11H12ClN3O2/c1-11(2,3)15(6-16)9-5-13-10-7(14-9)4-8(12)17-10/h4-6H,1-3H3. The van der Waals surface area contributed by atoms with Crippen molar-refractivity contribution in [1.29, 1.82) is 0 Å². The third-order valence-corrected chi connectivity index (χ3v) is 2.46. The average Bonchev–Trinajstić information content (AvgIpc) is 2.56. The van der Waals surface area contributed by atoms with Crippen molar-refractivity contribution in [3.8, 4) is 0 Å². The molecule has 1 amide bonds. The summed E-state index contributed by atoms with van der Waals surface area (Å²) in [7, 11) is 0.